The van der Waals surface area contributed by atoms with Gasteiger partial charge in [-0.2, -0.15) is 0 Å². The lowest BCUT2D eigenvalue weighted by Crippen LogP contribution is -2.05. The van der Waals surface area contributed by atoms with Gasteiger partial charge in [-0.15, -0.1) is 0 Å². The van der Waals surface area contributed by atoms with Gasteiger partial charge >= 0.3 is 0 Å². The summed E-state index contributed by atoms with van der Waals surface area (Å²) in [5.41, 5.74) is 3.16. The van der Waals surface area contributed by atoms with E-state index in [4.69, 9.17) is 23.2 Å². The predicted octanol–water partition coefficient (Wildman–Crippen LogP) is 8.95. The van der Waals surface area contributed by atoms with E-state index < -0.39 is 0 Å². The molecule has 25 heavy (non-hydrogen) atoms. The Morgan fingerprint density at radius 3 is 1.84 bits per heavy atom. The minimum absolute atomic E-state index is 0. The zero-order valence-corrected chi connectivity index (χ0v) is 16.7. The van der Waals surface area contributed by atoms with Crippen molar-refractivity contribution in [2.24, 2.45) is 0 Å². The summed E-state index contributed by atoms with van der Waals surface area (Å²) in [6.45, 7) is 6.75. The zero-order valence-electron chi connectivity index (χ0n) is 15.2. The van der Waals surface area contributed by atoms with Gasteiger partial charge in [-0.05, 0) is 48.4 Å². The highest BCUT2D eigenvalue weighted by Crippen LogP contribution is 2.30. The Morgan fingerprint density at radius 1 is 0.880 bits per heavy atom. The molecule has 0 spiro atoms. The molecule has 2 aromatic rings. The van der Waals surface area contributed by atoms with E-state index in [0.29, 0.717) is 10.0 Å². The first kappa shape index (κ1) is 24.0. The summed E-state index contributed by atoms with van der Waals surface area (Å²) in [6.07, 6.45) is 8.11. The van der Waals surface area contributed by atoms with Crippen molar-refractivity contribution in [1.29, 1.82) is 0 Å². The van der Waals surface area contributed by atoms with Crippen LogP contribution < -0.4 is 0 Å². The van der Waals surface area contributed by atoms with Crippen molar-refractivity contribution in [3.8, 4) is 0 Å². The average molecular weight is 381 g/mol. The monoisotopic (exact) mass is 380 g/mol. The highest BCUT2D eigenvalue weighted by Gasteiger charge is 2.14. The molecule has 1 aliphatic carbocycles. The van der Waals surface area contributed by atoms with Gasteiger partial charge in [0, 0.05) is 0 Å². The molecule has 0 aliphatic heterocycles. The second kappa shape index (κ2) is 14.2. The molecule has 0 saturated carbocycles. The standard InChI is InChI=1S/C11H14.C6H4Cl2.C5H12.CH4/c1-9-5-4-7-10-6-2-3-8-11(9)10;7-5-3-1-2-4-6(5)8;1-3-5-4-2;/h2-3,6,8-9H,4-5,7H2,1H3;1-4H;3-5H2,1-2H3;1H4. The van der Waals surface area contributed by atoms with Gasteiger partial charge in [0.1, 0.15) is 0 Å². The summed E-state index contributed by atoms with van der Waals surface area (Å²) in [5.74, 6) is 0.792. The minimum atomic E-state index is 0. The van der Waals surface area contributed by atoms with Crippen LogP contribution in [0.1, 0.15) is 77.3 Å². The molecule has 0 nitrogen and oxygen atoms in total. The largest absolute Gasteiger partial charge is 0.0827 e. The maximum Gasteiger partial charge on any atom is 0.0592 e. The van der Waals surface area contributed by atoms with Crippen LogP contribution in [0, 0.1) is 0 Å². The van der Waals surface area contributed by atoms with Crippen LogP contribution in [0.15, 0.2) is 48.5 Å². The molecule has 0 saturated heterocycles. The van der Waals surface area contributed by atoms with Crippen molar-refractivity contribution in [3.63, 3.8) is 0 Å². The summed E-state index contributed by atoms with van der Waals surface area (Å²) in [4.78, 5) is 0. The quantitative estimate of drug-likeness (QED) is 0.487. The smallest absolute Gasteiger partial charge is 0.0592 e. The molecule has 2 heteroatoms. The second-order valence-corrected chi connectivity index (χ2v) is 7.07. The molecule has 1 atom stereocenters. The first-order chi connectivity index (χ1) is 11.6. The molecule has 0 radical (unpaired) electrons. The van der Waals surface area contributed by atoms with Crippen LogP contribution in [0.25, 0.3) is 0 Å². The highest BCUT2D eigenvalue weighted by atomic mass is 35.5. The average Bonchev–Trinajstić information content (AvgIpc) is 2.60. The fourth-order valence-corrected chi connectivity index (χ4v) is 3.06. The topological polar surface area (TPSA) is 0 Å². The van der Waals surface area contributed by atoms with Crippen LogP contribution in [0.2, 0.25) is 10.0 Å². The van der Waals surface area contributed by atoms with Crippen molar-refractivity contribution in [2.75, 3.05) is 0 Å². The molecular formula is C23H34Cl2. The number of benzene rings is 2. The number of aryl methyl sites for hydroxylation is 1. The molecule has 3 rings (SSSR count). The minimum Gasteiger partial charge on any atom is -0.0827 e. The molecule has 0 bridgehead atoms. The van der Waals surface area contributed by atoms with Gasteiger partial charge in [0.25, 0.3) is 0 Å². The van der Waals surface area contributed by atoms with Gasteiger partial charge in [-0.3, -0.25) is 0 Å². The van der Waals surface area contributed by atoms with Crippen LogP contribution >= 0.6 is 23.2 Å². The molecule has 0 fully saturated rings. The third kappa shape index (κ3) is 9.33. The van der Waals surface area contributed by atoms with E-state index in [-0.39, 0.29) is 7.43 Å². The first-order valence-electron chi connectivity index (χ1n) is 9.07. The normalized spacial score (nSPS) is 14.7. The van der Waals surface area contributed by atoms with Crippen molar-refractivity contribution in [2.45, 2.75) is 72.6 Å². The van der Waals surface area contributed by atoms with Gasteiger partial charge in [-0.25, -0.2) is 0 Å². The summed E-state index contributed by atoms with van der Waals surface area (Å²) in [5, 5.41) is 1.21. The lowest BCUT2D eigenvalue weighted by Gasteiger charge is -2.21. The van der Waals surface area contributed by atoms with Gasteiger partial charge in [0.05, 0.1) is 10.0 Å². The van der Waals surface area contributed by atoms with Gasteiger partial charge < -0.3 is 0 Å². The predicted molar refractivity (Wildman–Crippen MR) is 116 cm³/mol. The van der Waals surface area contributed by atoms with Crippen LogP contribution in [-0.4, -0.2) is 0 Å². The summed E-state index contributed by atoms with van der Waals surface area (Å²) in [7, 11) is 0. The number of hydrogen-bond acceptors (Lipinski definition) is 0. The van der Waals surface area contributed by atoms with E-state index in [1.165, 1.54) is 38.5 Å². The lowest BCUT2D eigenvalue weighted by atomic mass is 9.84. The Morgan fingerprint density at radius 2 is 1.40 bits per heavy atom. The van der Waals surface area contributed by atoms with E-state index in [9.17, 15) is 0 Å². The van der Waals surface area contributed by atoms with Crippen molar-refractivity contribution in [1.82, 2.24) is 0 Å². The number of unbranched alkanes of at least 4 members (excludes halogenated alkanes) is 2. The van der Waals surface area contributed by atoms with Crippen LogP contribution in [0.5, 0.6) is 0 Å². The van der Waals surface area contributed by atoms with Gasteiger partial charge in [0.2, 0.25) is 0 Å². The second-order valence-electron chi connectivity index (χ2n) is 6.26. The van der Waals surface area contributed by atoms with E-state index in [2.05, 4.69) is 45.0 Å². The van der Waals surface area contributed by atoms with Gasteiger partial charge in [-0.1, -0.05) is 107 Å². The molecule has 140 valence electrons. The van der Waals surface area contributed by atoms with E-state index in [0.717, 1.165) is 5.92 Å². The Balaban J connectivity index is 0.000000367. The maximum absolute atomic E-state index is 5.58. The van der Waals surface area contributed by atoms with Crippen LogP contribution in [0.3, 0.4) is 0 Å². The molecule has 1 aliphatic rings. The molecule has 0 amide bonds. The first-order valence-corrected chi connectivity index (χ1v) is 9.83. The zero-order chi connectivity index (χ0) is 17.8. The Labute approximate surface area is 165 Å². The molecular weight excluding hydrogens is 347 g/mol. The number of fused-ring (bicyclic) bond motifs is 1. The molecule has 1 unspecified atom stereocenters. The molecule has 0 N–H and O–H groups in total. The number of rotatable bonds is 2. The molecule has 0 heterocycles. The van der Waals surface area contributed by atoms with Crippen molar-refractivity contribution in [3.05, 3.63) is 69.7 Å². The van der Waals surface area contributed by atoms with E-state index >= 15 is 0 Å². The van der Waals surface area contributed by atoms with E-state index in [1.54, 1.807) is 23.3 Å². The van der Waals surface area contributed by atoms with E-state index in [1.807, 2.05) is 12.1 Å². The summed E-state index contributed by atoms with van der Waals surface area (Å²) >= 11 is 11.2. The Hall–Kier alpha value is -0.980. The Kier molecular flexibility index (Phi) is 13.7. The van der Waals surface area contributed by atoms with Crippen molar-refractivity contribution >= 4 is 23.2 Å². The van der Waals surface area contributed by atoms with Gasteiger partial charge in [0.15, 0.2) is 0 Å². The third-order valence-corrected chi connectivity index (χ3v) is 4.96. The number of halogens is 2. The Bertz CT molecular complexity index is 555. The summed E-state index contributed by atoms with van der Waals surface area (Å²) in [6, 6.07) is 16.0. The third-order valence-electron chi connectivity index (χ3n) is 4.20. The SMILES string of the molecule is C.CC1CCCc2ccccc21.CCCCC.Clc1ccccc1Cl. The highest BCUT2D eigenvalue weighted by molar-refractivity contribution is 6.41. The maximum atomic E-state index is 5.58. The fourth-order valence-electron chi connectivity index (χ4n) is 2.79. The summed E-state index contributed by atoms with van der Waals surface area (Å²) < 4.78 is 0. The fraction of sp³-hybridized carbons (Fsp3) is 0.478. The molecule has 2 aromatic carbocycles. The van der Waals surface area contributed by atoms with Crippen molar-refractivity contribution < 1.29 is 0 Å². The lowest BCUT2D eigenvalue weighted by molar-refractivity contribution is 0.590. The molecule has 0 aromatic heterocycles. The van der Waals surface area contributed by atoms with Crippen LogP contribution in [0.4, 0.5) is 0 Å². The van der Waals surface area contributed by atoms with Crippen LogP contribution in [-0.2, 0) is 6.42 Å². The number of hydrogen-bond donors (Lipinski definition) is 0.